The minimum absolute atomic E-state index is 0.0854. The Morgan fingerprint density at radius 1 is 1.21 bits per heavy atom. The average molecular weight is 256 g/mol. The van der Waals surface area contributed by atoms with Crippen LogP contribution in [0.5, 0.6) is 0 Å². The van der Waals surface area contributed by atoms with Gasteiger partial charge in [-0.2, -0.15) is 5.26 Å². The largest absolute Gasteiger partial charge is 0.339 e. The number of carbonyl (C=O) groups excluding carboxylic acids is 1. The molecule has 19 heavy (non-hydrogen) atoms. The second-order valence-corrected chi connectivity index (χ2v) is 6.00. The summed E-state index contributed by atoms with van der Waals surface area (Å²) in [5.41, 5.74) is 1.60. The second kappa shape index (κ2) is 5.44. The molecule has 1 saturated heterocycles. The molecule has 0 spiro atoms. The lowest BCUT2D eigenvalue weighted by Crippen LogP contribution is -2.32. The van der Waals surface area contributed by atoms with E-state index < -0.39 is 0 Å². The zero-order valence-electron chi connectivity index (χ0n) is 11.6. The molecule has 1 aliphatic heterocycles. The monoisotopic (exact) mass is 256 g/mol. The molecule has 1 heterocycles. The van der Waals surface area contributed by atoms with E-state index in [1.165, 1.54) is 6.42 Å². The lowest BCUT2D eigenvalue weighted by Gasteiger charge is -2.23. The first-order valence-electron chi connectivity index (χ1n) is 6.81. The lowest BCUT2D eigenvalue weighted by molar-refractivity contribution is 0.0757. The molecule has 1 aromatic rings. The fraction of sp³-hybridized carbons (Fsp3) is 0.500. The van der Waals surface area contributed by atoms with Crippen LogP contribution in [0.15, 0.2) is 24.3 Å². The van der Waals surface area contributed by atoms with E-state index in [0.29, 0.717) is 16.5 Å². The predicted octanol–water partition coefficient (Wildman–Crippen LogP) is 3.21. The summed E-state index contributed by atoms with van der Waals surface area (Å²) in [5, 5.41) is 8.77. The van der Waals surface area contributed by atoms with Gasteiger partial charge >= 0.3 is 0 Å². The highest BCUT2D eigenvalue weighted by Gasteiger charge is 2.25. The van der Waals surface area contributed by atoms with Gasteiger partial charge in [-0.1, -0.05) is 13.8 Å². The number of hydrogen-bond donors (Lipinski definition) is 0. The van der Waals surface area contributed by atoms with Crippen LogP contribution in [0.1, 0.15) is 49.0 Å². The van der Waals surface area contributed by atoms with Gasteiger partial charge in [-0.25, -0.2) is 0 Å². The Balaban J connectivity index is 2.08. The molecule has 1 aromatic carbocycles. The average Bonchev–Trinajstić information content (AvgIpc) is 2.59. The fourth-order valence-electron chi connectivity index (χ4n) is 2.50. The Morgan fingerprint density at radius 2 is 1.89 bits per heavy atom. The van der Waals surface area contributed by atoms with Crippen molar-refractivity contribution in [2.45, 2.75) is 33.1 Å². The molecular weight excluding hydrogens is 236 g/mol. The first kappa shape index (κ1) is 13.6. The fourth-order valence-corrected chi connectivity index (χ4v) is 2.50. The van der Waals surface area contributed by atoms with Crippen LogP contribution in [-0.2, 0) is 0 Å². The van der Waals surface area contributed by atoms with Gasteiger partial charge in [-0.3, -0.25) is 4.79 Å². The van der Waals surface area contributed by atoms with Gasteiger partial charge < -0.3 is 4.90 Å². The van der Waals surface area contributed by atoms with Crippen molar-refractivity contribution in [3.8, 4) is 6.07 Å². The standard InChI is InChI=1S/C16H20N2O/c1-16(2)8-3-10-18(11-9-16)15(19)14-6-4-13(12-17)5-7-14/h4-7H,3,8-11H2,1-2H3. The quantitative estimate of drug-likeness (QED) is 0.774. The number of benzene rings is 1. The molecule has 0 bridgehead atoms. The Morgan fingerprint density at radius 3 is 2.53 bits per heavy atom. The highest BCUT2D eigenvalue weighted by molar-refractivity contribution is 5.94. The van der Waals surface area contributed by atoms with Crippen LogP contribution in [0.4, 0.5) is 0 Å². The van der Waals surface area contributed by atoms with E-state index in [0.717, 1.165) is 25.9 Å². The van der Waals surface area contributed by atoms with Gasteiger partial charge in [0, 0.05) is 18.7 Å². The number of amides is 1. The van der Waals surface area contributed by atoms with Gasteiger partial charge in [-0.05, 0) is 48.9 Å². The minimum Gasteiger partial charge on any atom is -0.339 e. The summed E-state index contributed by atoms with van der Waals surface area (Å²) < 4.78 is 0. The molecule has 100 valence electrons. The molecule has 0 aromatic heterocycles. The molecule has 0 saturated carbocycles. The van der Waals surface area contributed by atoms with Gasteiger partial charge in [0.15, 0.2) is 0 Å². The number of carbonyl (C=O) groups is 1. The minimum atomic E-state index is 0.0854. The Kier molecular flexibility index (Phi) is 3.90. The topological polar surface area (TPSA) is 44.1 Å². The third kappa shape index (κ3) is 3.35. The normalized spacial score (nSPS) is 18.5. The Labute approximate surface area is 114 Å². The lowest BCUT2D eigenvalue weighted by atomic mass is 9.85. The summed E-state index contributed by atoms with van der Waals surface area (Å²) in [5.74, 6) is 0.0854. The third-order valence-corrected chi connectivity index (χ3v) is 3.89. The molecule has 0 atom stereocenters. The van der Waals surface area contributed by atoms with Crippen molar-refractivity contribution in [3.05, 3.63) is 35.4 Å². The third-order valence-electron chi connectivity index (χ3n) is 3.89. The van der Waals surface area contributed by atoms with E-state index in [1.54, 1.807) is 24.3 Å². The molecule has 1 amide bonds. The molecule has 3 nitrogen and oxygen atoms in total. The maximum atomic E-state index is 12.4. The second-order valence-electron chi connectivity index (χ2n) is 6.00. The molecule has 0 aliphatic carbocycles. The van der Waals surface area contributed by atoms with Crippen LogP contribution >= 0.6 is 0 Å². The maximum absolute atomic E-state index is 12.4. The van der Waals surface area contributed by atoms with Gasteiger partial charge in [0.05, 0.1) is 11.6 Å². The summed E-state index contributed by atoms with van der Waals surface area (Å²) in [7, 11) is 0. The summed E-state index contributed by atoms with van der Waals surface area (Å²) in [6.45, 7) is 6.19. The molecule has 0 N–H and O–H groups in total. The summed E-state index contributed by atoms with van der Waals surface area (Å²) in [6.07, 6.45) is 3.29. The van der Waals surface area contributed by atoms with Crippen LogP contribution in [0.25, 0.3) is 0 Å². The molecule has 2 rings (SSSR count). The van der Waals surface area contributed by atoms with Gasteiger partial charge in [-0.15, -0.1) is 0 Å². The van der Waals surface area contributed by atoms with Gasteiger partial charge in [0.25, 0.3) is 5.91 Å². The molecule has 0 radical (unpaired) electrons. The van der Waals surface area contributed by atoms with E-state index in [9.17, 15) is 4.79 Å². The number of nitrogens with zero attached hydrogens (tertiary/aromatic N) is 2. The maximum Gasteiger partial charge on any atom is 0.253 e. The van der Waals surface area contributed by atoms with Crippen molar-refractivity contribution in [3.63, 3.8) is 0 Å². The zero-order chi connectivity index (χ0) is 13.9. The van der Waals surface area contributed by atoms with Crippen LogP contribution in [0, 0.1) is 16.7 Å². The summed E-state index contributed by atoms with van der Waals surface area (Å²) in [6, 6.07) is 8.97. The highest BCUT2D eigenvalue weighted by atomic mass is 16.2. The first-order chi connectivity index (χ1) is 9.02. The number of rotatable bonds is 1. The zero-order valence-corrected chi connectivity index (χ0v) is 11.6. The molecular formula is C16H20N2O. The van der Waals surface area contributed by atoms with Crippen LogP contribution in [0.2, 0.25) is 0 Å². The van der Waals surface area contributed by atoms with E-state index in [-0.39, 0.29) is 5.91 Å². The van der Waals surface area contributed by atoms with E-state index in [1.807, 2.05) is 4.90 Å². The van der Waals surface area contributed by atoms with Crippen LogP contribution < -0.4 is 0 Å². The Hall–Kier alpha value is -1.82. The van der Waals surface area contributed by atoms with Gasteiger partial charge in [0.2, 0.25) is 0 Å². The van der Waals surface area contributed by atoms with Crippen molar-refractivity contribution in [2.24, 2.45) is 5.41 Å². The molecule has 3 heteroatoms. The number of hydrogen-bond acceptors (Lipinski definition) is 2. The van der Waals surface area contributed by atoms with E-state index in [4.69, 9.17) is 5.26 Å². The van der Waals surface area contributed by atoms with Gasteiger partial charge in [0.1, 0.15) is 0 Å². The number of likely N-dealkylation sites (tertiary alicyclic amines) is 1. The van der Waals surface area contributed by atoms with Crippen molar-refractivity contribution < 1.29 is 4.79 Å². The SMILES string of the molecule is CC1(C)CCCN(C(=O)c2ccc(C#N)cc2)CC1. The van der Waals surface area contributed by atoms with E-state index in [2.05, 4.69) is 19.9 Å². The van der Waals surface area contributed by atoms with E-state index >= 15 is 0 Å². The smallest absolute Gasteiger partial charge is 0.253 e. The predicted molar refractivity (Wildman–Crippen MR) is 74.7 cm³/mol. The van der Waals surface area contributed by atoms with Crippen LogP contribution in [0.3, 0.4) is 0 Å². The molecule has 1 aliphatic rings. The Bertz CT molecular complexity index is 496. The van der Waals surface area contributed by atoms with Crippen molar-refractivity contribution in [1.29, 1.82) is 5.26 Å². The highest BCUT2D eigenvalue weighted by Crippen LogP contribution is 2.30. The first-order valence-corrected chi connectivity index (χ1v) is 6.81. The molecule has 0 unspecified atom stereocenters. The molecule has 1 fully saturated rings. The van der Waals surface area contributed by atoms with Crippen molar-refractivity contribution in [1.82, 2.24) is 4.90 Å². The van der Waals surface area contributed by atoms with Crippen molar-refractivity contribution in [2.75, 3.05) is 13.1 Å². The summed E-state index contributed by atoms with van der Waals surface area (Å²) in [4.78, 5) is 14.3. The summed E-state index contributed by atoms with van der Waals surface area (Å²) >= 11 is 0. The number of nitriles is 1. The van der Waals surface area contributed by atoms with Crippen molar-refractivity contribution >= 4 is 5.91 Å². The van der Waals surface area contributed by atoms with Crippen LogP contribution in [-0.4, -0.2) is 23.9 Å².